The lowest BCUT2D eigenvalue weighted by molar-refractivity contribution is 0.319. The van der Waals surface area contributed by atoms with Gasteiger partial charge >= 0.3 is 0 Å². The van der Waals surface area contributed by atoms with Crippen molar-refractivity contribution in [3.8, 4) is 0 Å². The number of rotatable bonds is 2. The molecule has 1 rings (SSSR count). The van der Waals surface area contributed by atoms with Crippen molar-refractivity contribution >= 4 is 0 Å². The zero-order valence-electron chi connectivity index (χ0n) is 8.93. The van der Waals surface area contributed by atoms with Crippen LogP contribution in [0.1, 0.15) is 28.9 Å². The quantitative estimate of drug-likeness (QED) is 0.605. The van der Waals surface area contributed by atoms with Gasteiger partial charge in [0.25, 0.3) is 0 Å². The van der Waals surface area contributed by atoms with Gasteiger partial charge in [-0.2, -0.15) is 0 Å². The van der Waals surface area contributed by atoms with Gasteiger partial charge in [-0.3, -0.25) is 0 Å². The molecule has 0 saturated heterocycles. The summed E-state index contributed by atoms with van der Waals surface area (Å²) in [6, 6.07) is 0. The first kappa shape index (κ1) is 6.01. The SMILES string of the molecule is [2H]C([2H])(O)C1=CC[C@@H](C(=C)C)CC1. The molecule has 0 spiro atoms. The summed E-state index contributed by atoms with van der Waals surface area (Å²) in [4.78, 5) is 0. The van der Waals surface area contributed by atoms with E-state index in [4.69, 9.17) is 7.85 Å². The van der Waals surface area contributed by atoms with E-state index in [1.54, 1.807) is 0 Å². The molecular formula is C10H16O. The fourth-order valence-corrected chi connectivity index (χ4v) is 1.38. The Morgan fingerprint density at radius 2 is 2.73 bits per heavy atom. The van der Waals surface area contributed by atoms with E-state index in [1.807, 2.05) is 13.0 Å². The maximum Gasteiger partial charge on any atom is 0.0641 e. The highest BCUT2D eigenvalue weighted by Gasteiger charge is 2.13. The van der Waals surface area contributed by atoms with Gasteiger partial charge in [0.1, 0.15) is 0 Å². The standard InChI is InChI=1S/C10H16O/c1-8(2)10-5-3-9(7-11)4-6-10/h3,10-11H,1,4-7H2,2H3/t10-/m1/s1/i7D2. The third-order valence-corrected chi connectivity index (χ3v) is 2.25. The summed E-state index contributed by atoms with van der Waals surface area (Å²) < 4.78 is 14.3. The molecule has 0 unspecified atom stereocenters. The molecule has 1 aliphatic rings. The monoisotopic (exact) mass is 154 g/mol. The van der Waals surface area contributed by atoms with E-state index in [2.05, 4.69) is 6.58 Å². The van der Waals surface area contributed by atoms with Crippen LogP contribution in [0.4, 0.5) is 0 Å². The van der Waals surface area contributed by atoms with E-state index >= 15 is 0 Å². The first-order chi connectivity index (χ1) is 5.91. The molecular weight excluding hydrogens is 136 g/mol. The lowest BCUT2D eigenvalue weighted by Crippen LogP contribution is -2.07. The maximum absolute atomic E-state index is 9.11. The molecule has 0 aromatic rings. The van der Waals surface area contributed by atoms with E-state index in [0.29, 0.717) is 17.9 Å². The van der Waals surface area contributed by atoms with Gasteiger partial charge in [-0.15, -0.1) is 0 Å². The topological polar surface area (TPSA) is 20.2 Å². The third-order valence-electron chi connectivity index (χ3n) is 2.25. The molecule has 11 heavy (non-hydrogen) atoms. The molecule has 1 atom stereocenters. The summed E-state index contributed by atoms with van der Waals surface area (Å²) in [7, 11) is 0. The minimum Gasteiger partial charge on any atom is -0.392 e. The summed E-state index contributed by atoms with van der Waals surface area (Å²) in [5.41, 5.74) is 1.67. The summed E-state index contributed by atoms with van der Waals surface area (Å²) in [6.07, 6.45) is 4.16. The van der Waals surface area contributed by atoms with Gasteiger partial charge in [-0.1, -0.05) is 18.2 Å². The average molecular weight is 154 g/mol. The van der Waals surface area contributed by atoms with Crippen LogP contribution in [0.2, 0.25) is 0 Å². The molecule has 0 aliphatic heterocycles. The molecule has 1 N–H and O–H groups in total. The van der Waals surface area contributed by atoms with Crippen LogP contribution in [0.15, 0.2) is 23.8 Å². The molecule has 1 nitrogen and oxygen atoms in total. The van der Waals surface area contributed by atoms with Crippen LogP contribution in [0.5, 0.6) is 0 Å². The Balaban J connectivity index is 2.63. The molecule has 62 valence electrons. The predicted octanol–water partition coefficient (Wildman–Crippen LogP) is 2.28. The van der Waals surface area contributed by atoms with Crippen molar-refractivity contribution in [1.29, 1.82) is 0 Å². The van der Waals surface area contributed by atoms with Gasteiger partial charge in [-0.25, -0.2) is 0 Å². The number of hydrogen-bond donors (Lipinski definition) is 1. The Morgan fingerprint density at radius 3 is 3.09 bits per heavy atom. The van der Waals surface area contributed by atoms with Gasteiger partial charge < -0.3 is 5.11 Å². The second-order valence-electron chi connectivity index (χ2n) is 3.16. The molecule has 0 bridgehead atoms. The van der Waals surface area contributed by atoms with Gasteiger partial charge in [0.15, 0.2) is 0 Å². The lowest BCUT2D eigenvalue weighted by Gasteiger charge is -2.20. The van der Waals surface area contributed by atoms with E-state index < -0.39 is 6.56 Å². The van der Waals surface area contributed by atoms with Crippen LogP contribution >= 0.6 is 0 Å². The Hall–Kier alpha value is -0.560. The number of hydrogen-bond acceptors (Lipinski definition) is 1. The van der Waals surface area contributed by atoms with E-state index in [1.165, 1.54) is 0 Å². The van der Waals surface area contributed by atoms with Crippen molar-refractivity contribution < 1.29 is 7.85 Å². The van der Waals surface area contributed by atoms with Gasteiger partial charge in [-0.05, 0) is 37.7 Å². The van der Waals surface area contributed by atoms with Crippen molar-refractivity contribution in [3.63, 3.8) is 0 Å². The van der Waals surface area contributed by atoms with Crippen molar-refractivity contribution in [1.82, 2.24) is 0 Å². The largest absolute Gasteiger partial charge is 0.392 e. The predicted molar refractivity (Wildman–Crippen MR) is 47.3 cm³/mol. The minimum atomic E-state index is -2.12. The zero-order chi connectivity index (χ0) is 10.1. The van der Waals surface area contributed by atoms with Crippen LogP contribution < -0.4 is 0 Å². The smallest absolute Gasteiger partial charge is 0.0641 e. The third kappa shape index (κ3) is 2.19. The minimum absolute atomic E-state index is 0.464. The fourth-order valence-electron chi connectivity index (χ4n) is 1.38. The van der Waals surface area contributed by atoms with Gasteiger partial charge in [0.05, 0.1) is 9.30 Å². The Bertz CT molecular complexity index is 238. The number of aliphatic hydroxyl groups is 1. The summed E-state index contributed by atoms with van der Waals surface area (Å²) in [5.74, 6) is 0.464. The summed E-state index contributed by atoms with van der Waals surface area (Å²) >= 11 is 0. The van der Waals surface area contributed by atoms with Crippen LogP contribution in [0.25, 0.3) is 0 Å². The Kier molecular flexibility index (Phi) is 2.03. The van der Waals surface area contributed by atoms with E-state index in [9.17, 15) is 0 Å². The highest BCUT2D eigenvalue weighted by molar-refractivity contribution is 5.11. The van der Waals surface area contributed by atoms with Crippen LogP contribution in [-0.4, -0.2) is 11.7 Å². The molecule has 0 aromatic carbocycles. The second-order valence-corrected chi connectivity index (χ2v) is 3.16. The van der Waals surface area contributed by atoms with E-state index in [-0.39, 0.29) is 0 Å². The molecule has 0 radical (unpaired) electrons. The van der Waals surface area contributed by atoms with Gasteiger partial charge in [0, 0.05) is 0 Å². The van der Waals surface area contributed by atoms with Gasteiger partial charge in [0.2, 0.25) is 0 Å². The first-order valence-corrected chi connectivity index (χ1v) is 3.98. The Labute approximate surface area is 71.2 Å². The molecule has 0 heterocycles. The lowest BCUT2D eigenvalue weighted by atomic mass is 9.86. The van der Waals surface area contributed by atoms with Crippen LogP contribution in [0, 0.1) is 5.92 Å². The van der Waals surface area contributed by atoms with Crippen LogP contribution in [-0.2, 0) is 0 Å². The highest BCUT2D eigenvalue weighted by atomic mass is 16.3. The maximum atomic E-state index is 9.11. The first-order valence-electron chi connectivity index (χ1n) is 4.98. The van der Waals surface area contributed by atoms with E-state index in [0.717, 1.165) is 18.4 Å². The highest BCUT2D eigenvalue weighted by Crippen LogP contribution is 2.27. The zero-order valence-corrected chi connectivity index (χ0v) is 6.93. The molecule has 0 aromatic heterocycles. The summed E-state index contributed by atoms with van der Waals surface area (Å²) in [5, 5.41) is 9.11. The van der Waals surface area contributed by atoms with Crippen LogP contribution in [0.3, 0.4) is 0 Å². The average Bonchev–Trinajstić information content (AvgIpc) is 2.03. The molecule has 1 aliphatic carbocycles. The van der Waals surface area contributed by atoms with Crippen molar-refractivity contribution in [2.45, 2.75) is 26.2 Å². The summed E-state index contributed by atoms with van der Waals surface area (Å²) in [6.45, 7) is 3.75. The molecule has 0 amide bonds. The Morgan fingerprint density at radius 1 is 2.00 bits per heavy atom. The molecule has 0 fully saturated rings. The molecule has 1 heteroatoms. The van der Waals surface area contributed by atoms with Crippen molar-refractivity contribution in [2.24, 2.45) is 5.92 Å². The van der Waals surface area contributed by atoms with Crippen molar-refractivity contribution in [3.05, 3.63) is 23.8 Å². The fraction of sp³-hybridized carbons (Fsp3) is 0.600. The van der Waals surface area contributed by atoms with Crippen molar-refractivity contribution in [2.75, 3.05) is 6.56 Å². The normalized spacial score (nSPS) is 28.5. The molecule has 0 saturated carbocycles. The second kappa shape index (κ2) is 3.72. The number of allylic oxidation sites excluding steroid dienone is 2.